The van der Waals surface area contributed by atoms with Crippen LogP contribution >= 0.6 is 11.6 Å². The van der Waals surface area contributed by atoms with E-state index < -0.39 is 0 Å². The van der Waals surface area contributed by atoms with Crippen molar-refractivity contribution in [2.75, 3.05) is 0 Å². The molecule has 19 heavy (non-hydrogen) atoms. The molecule has 0 saturated heterocycles. The van der Waals surface area contributed by atoms with Crippen LogP contribution in [-0.2, 0) is 4.79 Å². The minimum absolute atomic E-state index is 0.188. The van der Waals surface area contributed by atoms with Crippen molar-refractivity contribution >= 4 is 23.5 Å². The molecule has 1 nitrogen and oxygen atoms in total. The Hall–Kier alpha value is -1.08. The van der Waals surface area contributed by atoms with Crippen LogP contribution in [0.25, 0.3) is 6.08 Å². The van der Waals surface area contributed by atoms with Gasteiger partial charge in [0, 0.05) is 10.9 Å². The van der Waals surface area contributed by atoms with E-state index in [9.17, 15) is 4.79 Å². The molecule has 2 heteroatoms. The SMILES string of the molecule is C[C@H]1/C(=C/c2ccc(Cl)cc2)C(=O)[C@H]2C[C@@H]1C2(C)C. The van der Waals surface area contributed by atoms with Crippen molar-refractivity contribution < 1.29 is 4.79 Å². The maximum atomic E-state index is 12.6. The van der Waals surface area contributed by atoms with Gasteiger partial charge in [-0.15, -0.1) is 0 Å². The molecule has 1 aromatic rings. The van der Waals surface area contributed by atoms with Gasteiger partial charge in [-0.1, -0.05) is 44.5 Å². The monoisotopic (exact) mass is 274 g/mol. The van der Waals surface area contributed by atoms with Crippen LogP contribution in [0.2, 0.25) is 5.02 Å². The molecule has 0 aliphatic heterocycles. The molecule has 3 atom stereocenters. The van der Waals surface area contributed by atoms with E-state index >= 15 is 0 Å². The van der Waals surface area contributed by atoms with E-state index in [0.717, 1.165) is 22.6 Å². The molecular formula is C17H19ClO. The predicted octanol–water partition coefficient (Wildman–Crippen LogP) is 4.60. The van der Waals surface area contributed by atoms with Gasteiger partial charge < -0.3 is 0 Å². The van der Waals surface area contributed by atoms with Gasteiger partial charge in [0.25, 0.3) is 0 Å². The molecule has 1 aromatic carbocycles. The number of rotatable bonds is 1. The zero-order valence-corrected chi connectivity index (χ0v) is 12.4. The van der Waals surface area contributed by atoms with Crippen molar-refractivity contribution in [3.05, 3.63) is 40.4 Å². The number of ketones is 1. The maximum absolute atomic E-state index is 12.6. The molecule has 0 spiro atoms. The number of allylic oxidation sites excluding steroid dienone is 1. The number of carbonyl (C=O) groups is 1. The lowest BCUT2D eigenvalue weighted by molar-refractivity contribution is -0.146. The highest BCUT2D eigenvalue weighted by atomic mass is 35.5. The number of benzene rings is 1. The summed E-state index contributed by atoms with van der Waals surface area (Å²) in [6.45, 7) is 6.67. The second-order valence-electron chi connectivity index (χ2n) is 6.52. The number of Topliss-reactive ketones (excluding diaryl/α,β-unsaturated/α-hetero) is 1. The number of carbonyl (C=O) groups excluding carboxylic acids is 1. The number of hydrogen-bond acceptors (Lipinski definition) is 1. The quantitative estimate of drug-likeness (QED) is 0.684. The van der Waals surface area contributed by atoms with Gasteiger partial charge in [-0.3, -0.25) is 4.79 Å². The Labute approximate surface area is 119 Å². The number of halogens is 1. The van der Waals surface area contributed by atoms with Gasteiger partial charge >= 0.3 is 0 Å². The van der Waals surface area contributed by atoms with Gasteiger partial charge in [-0.25, -0.2) is 0 Å². The first-order valence-corrected chi connectivity index (χ1v) is 7.30. The first kappa shape index (κ1) is 12.9. The second kappa shape index (κ2) is 4.21. The molecule has 3 aliphatic carbocycles. The topological polar surface area (TPSA) is 17.1 Å². The van der Waals surface area contributed by atoms with Crippen molar-refractivity contribution in [2.45, 2.75) is 27.2 Å². The Kier molecular flexibility index (Phi) is 2.86. The lowest BCUT2D eigenvalue weighted by atomic mass is 9.44. The molecule has 0 N–H and O–H groups in total. The Bertz CT molecular complexity index is 553. The first-order valence-electron chi connectivity index (χ1n) is 6.92. The molecule has 0 unspecified atom stereocenters. The summed E-state index contributed by atoms with van der Waals surface area (Å²) in [7, 11) is 0. The minimum Gasteiger partial charge on any atom is -0.294 e. The zero-order chi connectivity index (χ0) is 13.8. The molecule has 100 valence electrons. The highest BCUT2D eigenvalue weighted by Crippen LogP contribution is 2.61. The van der Waals surface area contributed by atoms with E-state index in [0.29, 0.717) is 17.6 Å². The Morgan fingerprint density at radius 3 is 2.42 bits per heavy atom. The molecule has 0 radical (unpaired) electrons. The molecule has 3 fully saturated rings. The summed E-state index contributed by atoms with van der Waals surface area (Å²) in [5.74, 6) is 1.60. The van der Waals surface area contributed by atoms with E-state index in [2.05, 4.69) is 26.8 Å². The van der Waals surface area contributed by atoms with Crippen molar-refractivity contribution in [1.29, 1.82) is 0 Å². The lowest BCUT2D eigenvalue weighted by Crippen LogP contribution is -2.57. The van der Waals surface area contributed by atoms with Crippen LogP contribution in [0.5, 0.6) is 0 Å². The minimum atomic E-state index is 0.188. The van der Waals surface area contributed by atoms with Crippen LogP contribution in [0.1, 0.15) is 32.8 Å². The average Bonchev–Trinajstić information content (AvgIpc) is 2.35. The summed E-state index contributed by atoms with van der Waals surface area (Å²) >= 11 is 5.89. The van der Waals surface area contributed by atoms with E-state index in [1.807, 2.05) is 24.3 Å². The number of hydrogen-bond donors (Lipinski definition) is 0. The fourth-order valence-corrected chi connectivity index (χ4v) is 3.96. The fourth-order valence-electron chi connectivity index (χ4n) is 3.84. The largest absolute Gasteiger partial charge is 0.294 e. The molecule has 2 bridgehead atoms. The standard InChI is InChI=1S/C17H19ClO/c1-10-13(8-11-4-6-12(18)7-5-11)16(19)15-9-14(10)17(15,2)3/h4-8,10,14-15H,9H2,1-3H3/b13-8-/t10-,14-,15+/m0/s1. The molecule has 0 heterocycles. The van der Waals surface area contributed by atoms with Crippen LogP contribution < -0.4 is 0 Å². The van der Waals surface area contributed by atoms with Crippen LogP contribution in [0, 0.1) is 23.2 Å². The highest BCUT2D eigenvalue weighted by molar-refractivity contribution is 6.30. The third kappa shape index (κ3) is 1.87. The zero-order valence-electron chi connectivity index (χ0n) is 11.6. The van der Waals surface area contributed by atoms with Gasteiger partial charge in [-0.2, -0.15) is 0 Å². The summed E-state index contributed by atoms with van der Waals surface area (Å²) in [6, 6.07) is 7.69. The van der Waals surface area contributed by atoms with E-state index in [1.54, 1.807) is 0 Å². The first-order chi connectivity index (χ1) is 8.91. The van der Waals surface area contributed by atoms with Crippen LogP contribution in [0.15, 0.2) is 29.8 Å². The normalized spacial score (nSPS) is 34.2. The van der Waals surface area contributed by atoms with Gasteiger partial charge in [0.1, 0.15) is 0 Å². The summed E-state index contributed by atoms with van der Waals surface area (Å²) in [5, 5.41) is 0.731. The fraction of sp³-hybridized carbons (Fsp3) is 0.471. The smallest absolute Gasteiger partial charge is 0.162 e. The summed E-state index contributed by atoms with van der Waals surface area (Å²) < 4.78 is 0. The average molecular weight is 275 g/mol. The van der Waals surface area contributed by atoms with Crippen LogP contribution in [0.3, 0.4) is 0 Å². The molecule has 0 aromatic heterocycles. The van der Waals surface area contributed by atoms with E-state index in [4.69, 9.17) is 11.6 Å². The van der Waals surface area contributed by atoms with Crippen LogP contribution in [-0.4, -0.2) is 5.78 Å². The molecule has 3 saturated carbocycles. The van der Waals surface area contributed by atoms with Gasteiger partial charge in [0.2, 0.25) is 0 Å². The van der Waals surface area contributed by atoms with E-state index in [-0.39, 0.29) is 11.3 Å². The summed E-state index contributed by atoms with van der Waals surface area (Å²) in [6.07, 6.45) is 3.13. The Balaban J connectivity index is 1.94. The molecular weight excluding hydrogens is 256 g/mol. The Morgan fingerprint density at radius 2 is 1.89 bits per heavy atom. The van der Waals surface area contributed by atoms with Gasteiger partial charge in [-0.05, 0) is 53.0 Å². The number of fused-ring (bicyclic) bond motifs is 2. The lowest BCUT2D eigenvalue weighted by Gasteiger charge is -2.59. The summed E-state index contributed by atoms with van der Waals surface area (Å²) in [5.41, 5.74) is 2.26. The van der Waals surface area contributed by atoms with E-state index in [1.165, 1.54) is 0 Å². The third-order valence-corrected chi connectivity index (χ3v) is 5.48. The van der Waals surface area contributed by atoms with Crippen LogP contribution in [0.4, 0.5) is 0 Å². The molecule has 3 aliphatic rings. The molecule has 4 rings (SSSR count). The Morgan fingerprint density at radius 1 is 1.26 bits per heavy atom. The van der Waals surface area contributed by atoms with Crippen molar-refractivity contribution in [1.82, 2.24) is 0 Å². The van der Waals surface area contributed by atoms with Gasteiger partial charge in [0.15, 0.2) is 5.78 Å². The highest BCUT2D eigenvalue weighted by Gasteiger charge is 2.58. The molecule has 0 amide bonds. The second-order valence-corrected chi connectivity index (χ2v) is 6.96. The van der Waals surface area contributed by atoms with Gasteiger partial charge in [0.05, 0.1) is 0 Å². The summed E-state index contributed by atoms with van der Waals surface area (Å²) in [4.78, 5) is 12.6. The van der Waals surface area contributed by atoms with Crippen molar-refractivity contribution in [3.63, 3.8) is 0 Å². The van der Waals surface area contributed by atoms with Crippen molar-refractivity contribution in [2.24, 2.45) is 23.2 Å². The van der Waals surface area contributed by atoms with Crippen molar-refractivity contribution in [3.8, 4) is 0 Å². The predicted molar refractivity (Wildman–Crippen MR) is 79.0 cm³/mol. The maximum Gasteiger partial charge on any atom is 0.162 e. The third-order valence-electron chi connectivity index (χ3n) is 5.23.